The van der Waals surface area contributed by atoms with E-state index in [4.69, 9.17) is 0 Å². The molecular weight excluding hydrogens is 535 g/mol. The molecule has 0 aliphatic carbocycles. The Morgan fingerprint density at radius 3 is 2.54 bits per heavy atom. The van der Waals surface area contributed by atoms with Crippen LogP contribution in [0.4, 0.5) is 18.9 Å². The fraction of sp³-hybridized carbons (Fsp3) is 0.483. The van der Waals surface area contributed by atoms with Crippen LogP contribution in [-0.4, -0.2) is 77.8 Å². The van der Waals surface area contributed by atoms with E-state index >= 15 is 0 Å². The van der Waals surface area contributed by atoms with Crippen molar-refractivity contribution in [3.8, 4) is 0 Å². The predicted molar refractivity (Wildman–Crippen MR) is 152 cm³/mol. The molecule has 0 unspecified atom stereocenters. The van der Waals surface area contributed by atoms with Gasteiger partial charge in [0.15, 0.2) is 0 Å². The van der Waals surface area contributed by atoms with Crippen LogP contribution in [0, 0.1) is 12.7 Å². The fourth-order valence-corrected chi connectivity index (χ4v) is 5.16. The largest absolute Gasteiger partial charge is 0.353 e. The van der Waals surface area contributed by atoms with Crippen molar-refractivity contribution in [3.05, 3.63) is 58.5 Å². The van der Waals surface area contributed by atoms with Gasteiger partial charge < -0.3 is 15.5 Å². The van der Waals surface area contributed by atoms with Crippen LogP contribution < -0.4 is 15.5 Å². The SMILES string of the molecule is CCNCCNC(=O)CN(CC(=O)N(C)N1Cc2ccc(F)cc2C1)c1cc2c(cc1C)c(CC)nn2CC(F)F. The molecule has 0 fully saturated rings. The lowest BCUT2D eigenvalue weighted by atomic mass is 10.1. The number of fused-ring (bicyclic) bond motifs is 2. The van der Waals surface area contributed by atoms with Gasteiger partial charge in [0.1, 0.15) is 12.4 Å². The molecule has 0 bridgehead atoms. The summed E-state index contributed by atoms with van der Waals surface area (Å²) < 4.78 is 41.8. The number of alkyl halides is 2. The van der Waals surface area contributed by atoms with Crippen molar-refractivity contribution >= 4 is 28.4 Å². The van der Waals surface area contributed by atoms with Crippen LogP contribution in [0.1, 0.15) is 36.2 Å². The van der Waals surface area contributed by atoms with Crippen LogP contribution in [0.3, 0.4) is 0 Å². The van der Waals surface area contributed by atoms with E-state index in [2.05, 4.69) is 15.7 Å². The first kappa shape index (κ1) is 30.3. The second kappa shape index (κ2) is 13.3. The highest BCUT2D eigenvalue weighted by Gasteiger charge is 2.28. The number of nitrogens with one attached hydrogen (secondary N) is 2. The number of aromatic nitrogens is 2. The summed E-state index contributed by atoms with van der Waals surface area (Å²) in [6.45, 7) is 7.63. The minimum absolute atomic E-state index is 0.104. The van der Waals surface area contributed by atoms with Crippen molar-refractivity contribution in [2.75, 3.05) is 44.7 Å². The number of carbonyl (C=O) groups excluding carboxylic acids is 2. The number of likely N-dealkylation sites (N-methyl/N-ethyl adjacent to an activating group) is 2. The molecule has 3 aromatic rings. The molecule has 4 rings (SSSR count). The van der Waals surface area contributed by atoms with Crippen LogP contribution in [0.2, 0.25) is 0 Å². The maximum Gasteiger partial charge on any atom is 0.257 e. The molecule has 0 saturated carbocycles. The molecule has 0 atom stereocenters. The van der Waals surface area contributed by atoms with Gasteiger partial charge in [0.2, 0.25) is 5.91 Å². The Morgan fingerprint density at radius 2 is 1.83 bits per heavy atom. The average molecular weight is 574 g/mol. The third kappa shape index (κ3) is 7.17. The summed E-state index contributed by atoms with van der Waals surface area (Å²) in [6.07, 6.45) is -2.01. The van der Waals surface area contributed by atoms with E-state index in [-0.39, 0.29) is 30.7 Å². The molecule has 2 aromatic carbocycles. The van der Waals surface area contributed by atoms with E-state index in [1.807, 2.05) is 31.8 Å². The zero-order chi connectivity index (χ0) is 29.7. The molecule has 12 heteroatoms. The lowest BCUT2D eigenvalue weighted by Gasteiger charge is -2.32. The van der Waals surface area contributed by atoms with E-state index in [0.717, 1.165) is 28.6 Å². The highest BCUT2D eigenvalue weighted by atomic mass is 19.3. The summed E-state index contributed by atoms with van der Waals surface area (Å²) in [6, 6.07) is 8.23. The van der Waals surface area contributed by atoms with Crippen LogP contribution in [0.25, 0.3) is 10.9 Å². The first-order valence-electron chi connectivity index (χ1n) is 13.9. The Morgan fingerprint density at radius 1 is 1.07 bits per heavy atom. The van der Waals surface area contributed by atoms with E-state index < -0.39 is 13.0 Å². The zero-order valence-corrected chi connectivity index (χ0v) is 24.0. The van der Waals surface area contributed by atoms with E-state index in [0.29, 0.717) is 49.5 Å². The van der Waals surface area contributed by atoms with Gasteiger partial charge in [0.25, 0.3) is 12.3 Å². The van der Waals surface area contributed by atoms with Gasteiger partial charge in [0, 0.05) is 44.3 Å². The first-order chi connectivity index (χ1) is 19.6. The molecule has 9 nitrogen and oxygen atoms in total. The van der Waals surface area contributed by atoms with E-state index in [1.165, 1.54) is 21.8 Å². The Bertz CT molecular complexity index is 1390. The van der Waals surface area contributed by atoms with Gasteiger partial charge in [-0.25, -0.2) is 18.2 Å². The third-order valence-electron chi connectivity index (χ3n) is 7.32. The number of benzene rings is 2. The molecule has 0 saturated heterocycles. The number of rotatable bonds is 13. The molecule has 41 heavy (non-hydrogen) atoms. The van der Waals surface area contributed by atoms with Gasteiger partial charge in [-0.3, -0.25) is 19.3 Å². The standard InChI is InChI=1S/C29H38F3N7O2/c1-5-24-23-11-19(3)25(13-26(23)39(35-24)16-27(31)32)37(17-28(40)34-10-9-33-6-2)18-29(41)36(4)38-14-20-7-8-22(30)12-21(20)15-38/h7-8,11-13,27,33H,5-6,9-10,14-18H2,1-4H3,(H,34,40). The summed E-state index contributed by atoms with van der Waals surface area (Å²) >= 11 is 0. The Hall–Kier alpha value is -3.64. The summed E-state index contributed by atoms with van der Waals surface area (Å²) in [5.74, 6) is -0.861. The van der Waals surface area contributed by atoms with Crippen molar-refractivity contribution in [2.24, 2.45) is 0 Å². The molecular formula is C29H38F3N7O2. The molecule has 222 valence electrons. The summed E-state index contributed by atoms with van der Waals surface area (Å²) in [7, 11) is 1.65. The van der Waals surface area contributed by atoms with Gasteiger partial charge >= 0.3 is 0 Å². The highest BCUT2D eigenvalue weighted by molar-refractivity contribution is 5.91. The number of amides is 2. The lowest BCUT2D eigenvalue weighted by Crippen LogP contribution is -2.48. The minimum atomic E-state index is -2.58. The van der Waals surface area contributed by atoms with Crippen LogP contribution in [0.5, 0.6) is 0 Å². The molecule has 0 radical (unpaired) electrons. The summed E-state index contributed by atoms with van der Waals surface area (Å²) in [5, 5.41) is 14.5. The van der Waals surface area contributed by atoms with Crippen molar-refractivity contribution in [2.45, 2.75) is 53.3 Å². The van der Waals surface area contributed by atoms with Crippen LogP contribution >= 0.6 is 0 Å². The Labute approximate surface area is 238 Å². The van der Waals surface area contributed by atoms with Gasteiger partial charge in [0.05, 0.1) is 24.3 Å². The number of anilines is 1. The highest BCUT2D eigenvalue weighted by Crippen LogP contribution is 2.30. The number of carbonyl (C=O) groups is 2. The van der Waals surface area contributed by atoms with Gasteiger partial charge in [-0.05, 0) is 60.8 Å². The average Bonchev–Trinajstić information content (AvgIpc) is 3.49. The van der Waals surface area contributed by atoms with Crippen molar-refractivity contribution in [1.29, 1.82) is 0 Å². The number of hydrogen-bond acceptors (Lipinski definition) is 6. The van der Waals surface area contributed by atoms with Crippen molar-refractivity contribution < 1.29 is 22.8 Å². The molecule has 2 amide bonds. The Kier molecular flexibility index (Phi) is 9.87. The predicted octanol–water partition coefficient (Wildman–Crippen LogP) is 3.23. The maximum atomic E-state index is 13.7. The maximum absolute atomic E-state index is 13.7. The number of hydrazine groups is 1. The molecule has 2 heterocycles. The molecule has 2 N–H and O–H groups in total. The van der Waals surface area contributed by atoms with Crippen molar-refractivity contribution in [3.63, 3.8) is 0 Å². The number of nitrogens with zero attached hydrogens (tertiary/aromatic N) is 5. The second-order valence-corrected chi connectivity index (χ2v) is 10.2. The lowest BCUT2D eigenvalue weighted by molar-refractivity contribution is -0.145. The quantitative estimate of drug-likeness (QED) is 0.306. The monoisotopic (exact) mass is 573 g/mol. The molecule has 1 aromatic heterocycles. The second-order valence-electron chi connectivity index (χ2n) is 10.2. The van der Waals surface area contributed by atoms with Crippen LogP contribution in [0.15, 0.2) is 30.3 Å². The Balaban J connectivity index is 1.61. The molecule has 1 aliphatic rings. The van der Waals surface area contributed by atoms with Gasteiger partial charge in [-0.15, -0.1) is 0 Å². The number of hydrogen-bond donors (Lipinski definition) is 2. The van der Waals surface area contributed by atoms with E-state index in [9.17, 15) is 22.8 Å². The smallest absolute Gasteiger partial charge is 0.257 e. The van der Waals surface area contributed by atoms with E-state index in [1.54, 1.807) is 24.1 Å². The van der Waals surface area contributed by atoms with Crippen molar-refractivity contribution in [1.82, 2.24) is 30.4 Å². The van der Waals surface area contributed by atoms with Gasteiger partial charge in [-0.2, -0.15) is 5.10 Å². The normalized spacial score (nSPS) is 13.2. The number of halogens is 3. The minimum Gasteiger partial charge on any atom is -0.353 e. The topological polar surface area (TPSA) is 85.7 Å². The summed E-state index contributed by atoms with van der Waals surface area (Å²) in [5.41, 5.74) is 4.39. The fourth-order valence-electron chi connectivity index (χ4n) is 5.16. The number of aryl methyl sites for hydroxylation is 2. The third-order valence-corrected chi connectivity index (χ3v) is 7.32. The summed E-state index contributed by atoms with van der Waals surface area (Å²) in [4.78, 5) is 28.2. The molecule has 1 aliphatic heterocycles. The zero-order valence-electron chi connectivity index (χ0n) is 24.0. The molecule has 0 spiro atoms. The van der Waals surface area contributed by atoms with Gasteiger partial charge in [-0.1, -0.05) is 19.9 Å². The van der Waals surface area contributed by atoms with Crippen LogP contribution in [-0.2, 0) is 35.6 Å². The first-order valence-corrected chi connectivity index (χ1v) is 13.9.